The van der Waals surface area contributed by atoms with Crippen LogP contribution in [0, 0.1) is 0 Å². The lowest BCUT2D eigenvalue weighted by molar-refractivity contribution is 0.363. The molecule has 0 bridgehead atoms. The maximum Gasteiger partial charge on any atom is 0.237 e. The van der Waals surface area contributed by atoms with Gasteiger partial charge in [0.15, 0.2) is 0 Å². The minimum Gasteiger partial charge on any atom is -0.481 e. The Bertz CT molecular complexity index is 555. The molecule has 7 heteroatoms. The predicted octanol–water partition coefficient (Wildman–Crippen LogP) is 1.51. The molecule has 0 aliphatic rings. The van der Waals surface area contributed by atoms with E-state index in [4.69, 9.17) is 14.2 Å². The molecule has 2 aromatic rings. The van der Waals surface area contributed by atoms with Crippen LogP contribution >= 0.6 is 0 Å². The molecule has 0 radical (unpaired) electrons. The summed E-state index contributed by atoms with van der Waals surface area (Å²) < 4.78 is 15.6. The van der Waals surface area contributed by atoms with Gasteiger partial charge in [0.25, 0.3) is 0 Å². The Morgan fingerprint density at radius 2 is 1.60 bits per heavy atom. The van der Waals surface area contributed by atoms with Crippen molar-refractivity contribution in [2.75, 3.05) is 26.6 Å². The zero-order valence-corrected chi connectivity index (χ0v) is 11.6. The Morgan fingerprint density at radius 3 is 2.20 bits per heavy atom. The Kier molecular flexibility index (Phi) is 4.54. The Hall–Kier alpha value is -2.57. The quantitative estimate of drug-likeness (QED) is 0.856. The molecule has 0 unspecified atom stereocenters. The average molecular weight is 276 g/mol. The van der Waals surface area contributed by atoms with Crippen LogP contribution in [0.25, 0.3) is 0 Å². The minimum atomic E-state index is 0.426. The van der Waals surface area contributed by atoms with Gasteiger partial charge in [-0.25, -0.2) is 15.0 Å². The van der Waals surface area contributed by atoms with Crippen molar-refractivity contribution < 1.29 is 14.2 Å². The molecule has 7 nitrogen and oxygen atoms in total. The van der Waals surface area contributed by atoms with Crippen molar-refractivity contribution in [1.29, 1.82) is 0 Å². The fourth-order valence-corrected chi connectivity index (χ4v) is 1.76. The zero-order chi connectivity index (χ0) is 14.4. The van der Waals surface area contributed by atoms with Crippen molar-refractivity contribution in [3.8, 4) is 17.6 Å². The Labute approximate surface area is 116 Å². The van der Waals surface area contributed by atoms with Crippen LogP contribution in [0.3, 0.4) is 0 Å². The summed E-state index contributed by atoms with van der Waals surface area (Å²) in [7, 11) is 4.67. The molecule has 1 N–H and O–H groups in total. The van der Waals surface area contributed by atoms with E-state index in [1.807, 2.05) is 12.1 Å². The number of methoxy groups -OCH3 is 3. The number of aromatic nitrogens is 3. The van der Waals surface area contributed by atoms with Crippen molar-refractivity contribution in [3.05, 3.63) is 30.2 Å². The minimum absolute atomic E-state index is 0.426. The van der Waals surface area contributed by atoms with Gasteiger partial charge in [0.1, 0.15) is 6.33 Å². The second kappa shape index (κ2) is 6.55. The molecule has 106 valence electrons. The van der Waals surface area contributed by atoms with Gasteiger partial charge >= 0.3 is 0 Å². The third-order valence-electron chi connectivity index (χ3n) is 2.67. The van der Waals surface area contributed by atoms with Crippen LogP contribution in [0.4, 0.5) is 5.69 Å². The molecule has 0 fully saturated rings. The van der Waals surface area contributed by atoms with Crippen molar-refractivity contribution >= 4 is 5.69 Å². The fourth-order valence-electron chi connectivity index (χ4n) is 1.76. The molecular weight excluding hydrogens is 260 g/mol. The van der Waals surface area contributed by atoms with Crippen molar-refractivity contribution in [2.24, 2.45) is 0 Å². The number of pyridine rings is 1. The van der Waals surface area contributed by atoms with E-state index < -0.39 is 0 Å². The summed E-state index contributed by atoms with van der Waals surface area (Å²) in [6.07, 6.45) is 3.06. The summed E-state index contributed by atoms with van der Waals surface area (Å²) in [5, 5.41) is 3.20. The van der Waals surface area contributed by atoms with Gasteiger partial charge in [0.2, 0.25) is 17.6 Å². The van der Waals surface area contributed by atoms with Gasteiger partial charge in [-0.1, -0.05) is 0 Å². The molecule has 0 aliphatic heterocycles. The normalized spacial score (nSPS) is 9.95. The Morgan fingerprint density at radius 1 is 0.950 bits per heavy atom. The maximum atomic E-state index is 5.21. The van der Waals surface area contributed by atoms with Crippen LogP contribution in [-0.2, 0) is 6.54 Å². The fraction of sp³-hybridized carbons (Fsp3) is 0.308. The van der Waals surface area contributed by atoms with E-state index in [1.54, 1.807) is 27.5 Å². The largest absolute Gasteiger partial charge is 0.481 e. The van der Waals surface area contributed by atoms with Gasteiger partial charge in [-0.2, -0.15) is 0 Å². The van der Waals surface area contributed by atoms with E-state index in [9.17, 15) is 0 Å². The number of hydrogen-bond acceptors (Lipinski definition) is 7. The molecule has 2 rings (SSSR count). The average Bonchev–Trinajstić information content (AvgIpc) is 2.52. The molecule has 2 heterocycles. The summed E-state index contributed by atoms with van der Waals surface area (Å²) >= 11 is 0. The molecule has 0 saturated carbocycles. The third kappa shape index (κ3) is 2.87. The standard InChI is InChI=1S/C13H16N4O3/c1-18-11-9(12(19-2)17-8-16-11)7-15-10-5-4-6-14-13(10)20-3/h4-6,8,15H,7H2,1-3H3. The second-order valence-corrected chi connectivity index (χ2v) is 3.78. The second-order valence-electron chi connectivity index (χ2n) is 3.78. The van der Waals surface area contributed by atoms with E-state index >= 15 is 0 Å². The Balaban J connectivity index is 2.22. The highest BCUT2D eigenvalue weighted by Gasteiger charge is 2.13. The number of nitrogens with zero attached hydrogens (tertiary/aromatic N) is 3. The van der Waals surface area contributed by atoms with Crippen LogP contribution in [0.1, 0.15) is 5.56 Å². The maximum absolute atomic E-state index is 5.21. The number of nitrogens with one attached hydrogen (secondary N) is 1. The molecule has 0 aromatic carbocycles. The van der Waals surface area contributed by atoms with Gasteiger partial charge in [-0.15, -0.1) is 0 Å². The van der Waals surface area contributed by atoms with E-state index in [2.05, 4.69) is 20.3 Å². The topological polar surface area (TPSA) is 78.4 Å². The van der Waals surface area contributed by atoms with Gasteiger partial charge < -0.3 is 19.5 Å². The van der Waals surface area contributed by atoms with Crippen LogP contribution in [0.5, 0.6) is 17.6 Å². The molecule has 0 aliphatic carbocycles. The van der Waals surface area contributed by atoms with Gasteiger partial charge in [-0.3, -0.25) is 0 Å². The van der Waals surface area contributed by atoms with Crippen LogP contribution in [-0.4, -0.2) is 36.3 Å². The van der Waals surface area contributed by atoms with Gasteiger partial charge in [-0.05, 0) is 12.1 Å². The SMILES string of the molecule is COc1ncccc1NCc1c(OC)ncnc1OC. The predicted molar refractivity (Wildman–Crippen MR) is 73.3 cm³/mol. The molecule has 2 aromatic heterocycles. The smallest absolute Gasteiger partial charge is 0.237 e. The van der Waals surface area contributed by atoms with Crippen LogP contribution < -0.4 is 19.5 Å². The van der Waals surface area contributed by atoms with Gasteiger partial charge in [0.05, 0.1) is 39.1 Å². The van der Waals surface area contributed by atoms with E-state index in [-0.39, 0.29) is 0 Å². The first-order valence-corrected chi connectivity index (χ1v) is 5.94. The number of ether oxygens (including phenoxy) is 3. The summed E-state index contributed by atoms with van der Waals surface area (Å²) in [6.45, 7) is 0.426. The van der Waals surface area contributed by atoms with Crippen molar-refractivity contribution in [3.63, 3.8) is 0 Å². The number of anilines is 1. The van der Waals surface area contributed by atoms with E-state index in [0.29, 0.717) is 24.2 Å². The first-order valence-electron chi connectivity index (χ1n) is 5.94. The van der Waals surface area contributed by atoms with Crippen molar-refractivity contribution in [1.82, 2.24) is 15.0 Å². The zero-order valence-electron chi connectivity index (χ0n) is 11.6. The lowest BCUT2D eigenvalue weighted by Gasteiger charge is -2.13. The summed E-state index contributed by atoms with van der Waals surface area (Å²) in [5.41, 5.74) is 1.49. The number of hydrogen-bond donors (Lipinski definition) is 1. The first-order chi connectivity index (χ1) is 9.80. The monoisotopic (exact) mass is 276 g/mol. The molecule has 0 saturated heterocycles. The lowest BCUT2D eigenvalue weighted by atomic mass is 10.3. The summed E-state index contributed by atoms with van der Waals surface area (Å²) in [4.78, 5) is 12.2. The highest BCUT2D eigenvalue weighted by Crippen LogP contribution is 2.26. The number of rotatable bonds is 6. The summed E-state index contributed by atoms with van der Waals surface area (Å²) in [5.74, 6) is 1.45. The van der Waals surface area contributed by atoms with E-state index in [0.717, 1.165) is 11.3 Å². The third-order valence-corrected chi connectivity index (χ3v) is 2.67. The molecule has 0 spiro atoms. The highest BCUT2D eigenvalue weighted by atomic mass is 16.5. The van der Waals surface area contributed by atoms with Crippen LogP contribution in [0.15, 0.2) is 24.7 Å². The van der Waals surface area contributed by atoms with Crippen LogP contribution in [0.2, 0.25) is 0 Å². The molecule has 0 amide bonds. The highest BCUT2D eigenvalue weighted by molar-refractivity contribution is 5.53. The van der Waals surface area contributed by atoms with E-state index in [1.165, 1.54) is 6.33 Å². The summed E-state index contributed by atoms with van der Waals surface area (Å²) in [6, 6.07) is 3.69. The van der Waals surface area contributed by atoms with Crippen molar-refractivity contribution in [2.45, 2.75) is 6.54 Å². The molecule has 20 heavy (non-hydrogen) atoms. The molecular formula is C13H16N4O3. The molecule has 0 atom stereocenters. The lowest BCUT2D eigenvalue weighted by Crippen LogP contribution is -2.07. The first kappa shape index (κ1) is 13.9. The van der Waals surface area contributed by atoms with Gasteiger partial charge in [0, 0.05) is 6.20 Å².